The molecule has 8 heteroatoms. The molecule has 0 aliphatic carbocycles. The van der Waals surface area contributed by atoms with Crippen molar-refractivity contribution in [2.45, 2.75) is 33.3 Å². The molecule has 0 fully saturated rings. The van der Waals surface area contributed by atoms with Gasteiger partial charge in [0.05, 0.1) is 6.54 Å². The van der Waals surface area contributed by atoms with Crippen LogP contribution in [0.5, 0.6) is 5.75 Å². The first-order valence-electron chi connectivity index (χ1n) is 9.64. The monoisotopic (exact) mass is 401 g/mol. The van der Waals surface area contributed by atoms with E-state index in [1.807, 2.05) is 32.9 Å². The molecule has 0 spiro atoms. The number of pyridine rings is 1. The number of hydrogen-bond acceptors (Lipinski definition) is 4. The van der Waals surface area contributed by atoms with Gasteiger partial charge < -0.3 is 20.7 Å². The molecule has 0 aliphatic heterocycles. The number of ether oxygens (including phenoxy) is 1. The molecule has 0 aliphatic rings. The van der Waals surface area contributed by atoms with Gasteiger partial charge in [-0.3, -0.25) is 4.79 Å². The van der Waals surface area contributed by atoms with Gasteiger partial charge in [-0.2, -0.15) is 0 Å². The summed E-state index contributed by atoms with van der Waals surface area (Å²) in [5.41, 5.74) is 0.845. The Morgan fingerprint density at radius 3 is 2.76 bits per heavy atom. The van der Waals surface area contributed by atoms with Gasteiger partial charge in [0.2, 0.25) is 5.91 Å². The van der Waals surface area contributed by atoms with E-state index in [-0.39, 0.29) is 24.2 Å². The van der Waals surface area contributed by atoms with Crippen LogP contribution in [0.15, 0.2) is 47.5 Å². The van der Waals surface area contributed by atoms with E-state index < -0.39 is 0 Å². The summed E-state index contributed by atoms with van der Waals surface area (Å²) in [5, 5.41) is 9.01. The zero-order valence-corrected chi connectivity index (χ0v) is 17.0. The second-order valence-corrected chi connectivity index (χ2v) is 6.49. The molecule has 1 amide bonds. The highest BCUT2D eigenvalue weighted by Crippen LogP contribution is 2.13. The summed E-state index contributed by atoms with van der Waals surface area (Å²) < 4.78 is 18.9. The molecular formula is C21H28FN5O2. The van der Waals surface area contributed by atoms with Crippen LogP contribution in [0.3, 0.4) is 0 Å². The van der Waals surface area contributed by atoms with E-state index in [0.717, 1.165) is 5.69 Å². The van der Waals surface area contributed by atoms with Crippen LogP contribution in [0, 0.1) is 12.7 Å². The molecule has 0 saturated carbocycles. The Balaban J connectivity index is 1.78. The van der Waals surface area contributed by atoms with Crippen molar-refractivity contribution in [3.8, 4) is 5.75 Å². The first kappa shape index (κ1) is 22.1. The molecule has 29 heavy (non-hydrogen) atoms. The molecular weight excluding hydrogens is 373 g/mol. The quantitative estimate of drug-likeness (QED) is 0.444. The highest BCUT2D eigenvalue weighted by Gasteiger charge is 2.07. The number of carbonyl (C=O) groups excluding carboxylic acids is 1. The van der Waals surface area contributed by atoms with Gasteiger partial charge in [-0.05, 0) is 45.0 Å². The average Bonchev–Trinajstić information content (AvgIpc) is 2.66. The van der Waals surface area contributed by atoms with Crippen LogP contribution in [0.1, 0.15) is 26.0 Å². The van der Waals surface area contributed by atoms with Crippen molar-refractivity contribution >= 4 is 17.7 Å². The van der Waals surface area contributed by atoms with Crippen LogP contribution in [-0.4, -0.2) is 42.6 Å². The topological polar surface area (TPSA) is 87.6 Å². The Bertz CT molecular complexity index is 828. The molecule has 0 saturated heterocycles. The van der Waals surface area contributed by atoms with E-state index in [2.05, 4.69) is 25.9 Å². The molecule has 1 heterocycles. The second kappa shape index (κ2) is 11.6. The summed E-state index contributed by atoms with van der Waals surface area (Å²) in [4.78, 5) is 20.8. The number of aliphatic imine (C=N–C) groups is 1. The van der Waals surface area contributed by atoms with Gasteiger partial charge >= 0.3 is 0 Å². The lowest BCUT2D eigenvalue weighted by atomic mass is 10.3. The number of amides is 1. The maximum Gasteiger partial charge on any atom is 0.227 e. The molecule has 1 aromatic carbocycles. The number of rotatable bonds is 9. The zero-order valence-electron chi connectivity index (χ0n) is 17.0. The first-order valence-corrected chi connectivity index (χ1v) is 9.64. The molecule has 0 bridgehead atoms. The third-order valence-corrected chi connectivity index (χ3v) is 3.78. The van der Waals surface area contributed by atoms with Crippen molar-refractivity contribution in [3.63, 3.8) is 0 Å². The van der Waals surface area contributed by atoms with E-state index in [4.69, 9.17) is 4.74 Å². The molecule has 3 N–H and O–H groups in total. The summed E-state index contributed by atoms with van der Waals surface area (Å²) in [6.45, 7) is 7.17. The number of aryl methyl sites for hydroxylation is 1. The number of halogens is 1. The second-order valence-electron chi connectivity index (χ2n) is 6.49. The number of guanidine groups is 1. The number of nitrogens with one attached hydrogen (secondary N) is 3. The van der Waals surface area contributed by atoms with Gasteiger partial charge in [-0.15, -0.1) is 0 Å². The number of aromatic nitrogens is 1. The third kappa shape index (κ3) is 8.59. The Morgan fingerprint density at radius 2 is 2.03 bits per heavy atom. The molecule has 0 radical (unpaired) electrons. The van der Waals surface area contributed by atoms with Crippen molar-refractivity contribution in [3.05, 3.63) is 54.0 Å². The van der Waals surface area contributed by atoms with Gasteiger partial charge in [0.15, 0.2) is 5.96 Å². The predicted octanol–water partition coefficient (Wildman–Crippen LogP) is 2.88. The summed E-state index contributed by atoms with van der Waals surface area (Å²) in [6, 6.07) is 11.5. The fourth-order valence-electron chi connectivity index (χ4n) is 2.48. The molecule has 7 nitrogen and oxygen atoms in total. The summed E-state index contributed by atoms with van der Waals surface area (Å²) in [6.07, 6.45) is 0.0398. The minimum atomic E-state index is -0.340. The van der Waals surface area contributed by atoms with Crippen molar-refractivity contribution in [2.75, 3.05) is 25.0 Å². The molecule has 1 atom stereocenters. The number of carbonyl (C=O) groups is 1. The Kier molecular flexibility index (Phi) is 8.88. The summed E-state index contributed by atoms with van der Waals surface area (Å²) >= 11 is 0. The number of anilines is 1. The van der Waals surface area contributed by atoms with Crippen molar-refractivity contribution in [2.24, 2.45) is 4.99 Å². The average molecular weight is 401 g/mol. The molecule has 2 aromatic rings. The van der Waals surface area contributed by atoms with Crippen LogP contribution in [-0.2, 0) is 4.79 Å². The Morgan fingerprint density at radius 1 is 1.24 bits per heavy atom. The van der Waals surface area contributed by atoms with Crippen LogP contribution in [0.25, 0.3) is 0 Å². The summed E-state index contributed by atoms with van der Waals surface area (Å²) in [5.74, 6) is 1.12. The maximum absolute atomic E-state index is 13.2. The minimum Gasteiger partial charge on any atom is -0.489 e. The van der Waals surface area contributed by atoms with Gasteiger partial charge in [-0.1, -0.05) is 12.1 Å². The van der Waals surface area contributed by atoms with Crippen LogP contribution >= 0.6 is 0 Å². The highest BCUT2D eigenvalue weighted by molar-refractivity contribution is 5.90. The lowest BCUT2D eigenvalue weighted by Gasteiger charge is -2.15. The number of nitrogens with zero attached hydrogens (tertiary/aromatic N) is 2. The van der Waals surface area contributed by atoms with Gasteiger partial charge in [0, 0.05) is 31.3 Å². The smallest absolute Gasteiger partial charge is 0.227 e. The lowest BCUT2D eigenvalue weighted by molar-refractivity contribution is -0.116. The fourth-order valence-corrected chi connectivity index (χ4v) is 2.48. The third-order valence-electron chi connectivity index (χ3n) is 3.78. The highest BCUT2D eigenvalue weighted by atomic mass is 19.1. The molecule has 156 valence electrons. The first-order chi connectivity index (χ1) is 14.0. The van der Waals surface area contributed by atoms with Gasteiger partial charge in [0.1, 0.15) is 23.5 Å². The van der Waals surface area contributed by atoms with E-state index in [9.17, 15) is 9.18 Å². The number of hydrogen-bond donors (Lipinski definition) is 3. The molecule has 1 unspecified atom stereocenters. The van der Waals surface area contributed by atoms with E-state index >= 15 is 0 Å². The molecule has 1 aromatic heterocycles. The van der Waals surface area contributed by atoms with Gasteiger partial charge in [0.25, 0.3) is 0 Å². The van der Waals surface area contributed by atoms with Crippen molar-refractivity contribution in [1.29, 1.82) is 0 Å². The summed E-state index contributed by atoms with van der Waals surface area (Å²) in [7, 11) is 0. The van der Waals surface area contributed by atoms with Crippen LogP contribution in [0.2, 0.25) is 0 Å². The zero-order chi connectivity index (χ0) is 21.1. The Labute approximate surface area is 170 Å². The van der Waals surface area contributed by atoms with E-state index in [1.54, 1.807) is 18.2 Å². The van der Waals surface area contributed by atoms with Gasteiger partial charge in [-0.25, -0.2) is 14.4 Å². The Hall–Kier alpha value is -3.16. The predicted molar refractivity (Wildman–Crippen MR) is 113 cm³/mol. The minimum absolute atomic E-state index is 0.130. The van der Waals surface area contributed by atoms with E-state index in [1.165, 1.54) is 12.1 Å². The van der Waals surface area contributed by atoms with E-state index in [0.29, 0.717) is 37.2 Å². The lowest BCUT2D eigenvalue weighted by Crippen LogP contribution is -2.39. The standard InChI is InChI=1S/C21H28FN5O2/c1-4-23-21(25-14-16(3)29-18-9-6-8-17(22)13-18)24-12-11-20(28)27-19-10-5-7-15(2)26-19/h5-10,13,16H,4,11-12,14H2,1-3H3,(H2,23,24,25)(H,26,27,28). The fraction of sp³-hybridized carbons (Fsp3) is 0.381. The largest absolute Gasteiger partial charge is 0.489 e. The molecule has 2 rings (SSSR count). The normalized spacial score (nSPS) is 12.2. The van der Waals surface area contributed by atoms with Crippen LogP contribution in [0.4, 0.5) is 10.2 Å². The maximum atomic E-state index is 13.2. The number of benzene rings is 1. The SMILES string of the molecule is CCNC(=NCC(C)Oc1cccc(F)c1)NCCC(=O)Nc1cccc(C)n1. The van der Waals surface area contributed by atoms with Crippen molar-refractivity contribution < 1.29 is 13.9 Å². The van der Waals surface area contributed by atoms with Crippen molar-refractivity contribution in [1.82, 2.24) is 15.6 Å². The van der Waals surface area contributed by atoms with Crippen LogP contribution < -0.4 is 20.7 Å².